The van der Waals surface area contributed by atoms with Crippen LogP contribution in [0.25, 0.3) is 10.6 Å². The molecule has 0 aromatic carbocycles. The summed E-state index contributed by atoms with van der Waals surface area (Å²) in [5.41, 5.74) is -0.526. The first kappa shape index (κ1) is 15.5. The molecule has 7 heteroatoms. The normalized spacial score (nSPS) is 16.9. The highest BCUT2D eigenvalue weighted by molar-refractivity contribution is 7.19. The van der Waals surface area contributed by atoms with Gasteiger partial charge in [0.05, 0.1) is 14.8 Å². The highest BCUT2D eigenvalue weighted by Gasteiger charge is 2.34. The molecule has 0 bridgehead atoms. The number of aromatic nitrogens is 1. The molecule has 5 nitrogen and oxygen atoms in total. The molecule has 1 saturated carbocycles. The molecule has 1 amide bonds. The van der Waals surface area contributed by atoms with E-state index in [0.717, 1.165) is 30.6 Å². The van der Waals surface area contributed by atoms with Crippen LogP contribution < -0.4 is 0 Å². The number of amides is 1. The van der Waals surface area contributed by atoms with Gasteiger partial charge in [-0.05, 0) is 25.0 Å². The van der Waals surface area contributed by atoms with E-state index in [0.29, 0.717) is 16.6 Å². The van der Waals surface area contributed by atoms with Crippen LogP contribution in [0.1, 0.15) is 36.2 Å². The molecular weight excluding hydrogens is 324 g/mol. The van der Waals surface area contributed by atoms with Crippen molar-refractivity contribution < 1.29 is 14.4 Å². The zero-order valence-electron chi connectivity index (χ0n) is 12.2. The summed E-state index contributed by atoms with van der Waals surface area (Å²) in [5, 5.41) is 14.2. The Kier molecular flexibility index (Phi) is 4.25. The van der Waals surface area contributed by atoms with Gasteiger partial charge >= 0.3 is 0 Å². The Labute approximate surface area is 137 Å². The van der Waals surface area contributed by atoms with Gasteiger partial charge in [0.2, 0.25) is 0 Å². The molecule has 0 saturated heterocycles. The highest BCUT2D eigenvalue weighted by Crippen LogP contribution is 2.32. The van der Waals surface area contributed by atoms with E-state index in [1.165, 1.54) is 16.2 Å². The Balaban J connectivity index is 1.71. The van der Waals surface area contributed by atoms with Crippen LogP contribution in [-0.2, 0) is 0 Å². The molecule has 1 N–H and O–H groups in total. The quantitative estimate of drug-likeness (QED) is 0.925. The van der Waals surface area contributed by atoms with Crippen LogP contribution >= 0.6 is 22.9 Å². The van der Waals surface area contributed by atoms with E-state index in [1.54, 1.807) is 19.2 Å². The maximum absolute atomic E-state index is 12.4. The Morgan fingerprint density at radius 2 is 2.23 bits per heavy atom. The Hall–Kier alpha value is -1.37. The zero-order valence-corrected chi connectivity index (χ0v) is 13.8. The van der Waals surface area contributed by atoms with Gasteiger partial charge in [0.1, 0.15) is 0 Å². The minimum Gasteiger partial charge on any atom is -0.388 e. The molecule has 2 aromatic rings. The molecule has 0 aliphatic heterocycles. The molecule has 0 atom stereocenters. The lowest BCUT2D eigenvalue weighted by Gasteiger charge is -2.28. The van der Waals surface area contributed by atoms with Crippen molar-refractivity contribution in [2.75, 3.05) is 13.6 Å². The van der Waals surface area contributed by atoms with Gasteiger partial charge in [-0.15, -0.1) is 11.3 Å². The molecule has 22 heavy (non-hydrogen) atoms. The van der Waals surface area contributed by atoms with Crippen LogP contribution in [-0.4, -0.2) is 40.3 Å². The number of nitrogens with zero attached hydrogens (tertiary/aromatic N) is 2. The lowest BCUT2D eigenvalue weighted by molar-refractivity contribution is 0.0153. The fraction of sp³-hybridized carbons (Fsp3) is 0.467. The van der Waals surface area contributed by atoms with Gasteiger partial charge < -0.3 is 14.5 Å². The van der Waals surface area contributed by atoms with Crippen LogP contribution in [0.5, 0.6) is 0 Å². The van der Waals surface area contributed by atoms with E-state index in [1.807, 2.05) is 6.07 Å². The van der Waals surface area contributed by atoms with Crippen LogP contribution in [0.2, 0.25) is 4.34 Å². The fourth-order valence-electron chi connectivity index (χ4n) is 2.84. The lowest BCUT2D eigenvalue weighted by Crippen LogP contribution is -2.42. The second-order valence-corrected chi connectivity index (χ2v) is 7.49. The monoisotopic (exact) mass is 340 g/mol. The number of thiophene rings is 1. The van der Waals surface area contributed by atoms with E-state index < -0.39 is 5.60 Å². The topological polar surface area (TPSA) is 66.6 Å². The summed E-state index contributed by atoms with van der Waals surface area (Å²) in [6.07, 6.45) is 3.49. The molecular formula is C15H17ClN2O3S. The van der Waals surface area contributed by atoms with Crippen LogP contribution in [0.3, 0.4) is 0 Å². The molecule has 1 aliphatic rings. The summed E-state index contributed by atoms with van der Waals surface area (Å²) in [5.74, 6) is 0.270. The number of hydrogen-bond acceptors (Lipinski definition) is 5. The van der Waals surface area contributed by atoms with Crippen molar-refractivity contribution in [3.8, 4) is 10.6 Å². The number of rotatable bonds is 4. The van der Waals surface area contributed by atoms with Crippen molar-refractivity contribution in [3.63, 3.8) is 0 Å². The van der Waals surface area contributed by atoms with Crippen LogP contribution in [0.15, 0.2) is 22.7 Å². The fourth-order valence-corrected chi connectivity index (χ4v) is 3.83. The van der Waals surface area contributed by atoms with Crippen LogP contribution in [0.4, 0.5) is 0 Å². The molecule has 2 aromatic heterocycles. The molecule has 1 fully saturated rings. The third-order valence-corrected chi connectivity index (χ3v) is 5.20. The number of carbonyl (C=O) groups is 1. The highest BCUT2D eigenvalue weighted by atomic mass is 35.5. The van der Waals surface area contributed by atoms with Crippen molar-refractivity contribution >= 4 is 28.8 Å². The maximum Gasteiger partial charge on any atom is 0.275 e. The first-order chi connectivity index (χ1) is 10.5. The van der Waals surface area contributed by atoms with Gasteiger partial charge in [0.25, 0.3) is 5.91 Å². The number of likely N-dealkylation sites (N-methyl/N-ethyl adjacent to an activating group) is 1. The predicted molar refractivity (Wildman–Crippen MR) is 85.2 cm³/mol. The standard InChI is InChI=1S/C15H17ClN2O3S/c1-18(9-15(20)6-2-3-7-15)14(19)10-8-11(21-17-10)12-4-5-13(16)22-12/h4-5,8,20H,2-3,6-7,9H2,1H3. The zero-order chi connectivity index (χ0) is 15.7. The Morgan fingerprint density at radius 3 is 2.86 bits per heavy atom. The van der Waals surface area contributed by atoms with Gasteiger partial charge in [-0.2, -0.15) is 0 Å². The smallest absolute Gasteiger partial charge is 0.275 e. The minimum atomic E-state index is -0.766. The maximum atomic E-state index is 12.4. The summed E-state index contributed by atoms with van der Waals surface area (Å²) < 4.78 is 5.87. The second kappa shape index (κ2) is 6.02. The molecule has 0 unspecified atom stereocenters. The number of aliphatic hydroxyl groups is 1. The first-order valence-corrected chi connectivity index (χ1v) is 8.37. The second-order valence-electron chi connectivity index (χ2n) is 5.77. The average Bonchev–Trinajstić information content (AvgIpc) is 3.18. The van der Waals surface area contributed by atoms with Gasteiger partial charge in [-0.25, -0.2) is 0 Å². The summed E-state index contributed by atoms with van der Waals surface area (Å²) in [7, 11) is 1.68. The summed E-state index contributed by atoms with van der Waals surface area (Å²) in [6, 6.07) is 5.21. The molecule has 0 radical (unpaired) electrons. The largest absolute Gasteiger partial charge is 0.388 e. The van der Waals surface area contributed by atoms with Crippen molar-refractivity contribution in [3.05, 3.63) is 28.2 Å². The van der Waals surface area contributed by atoms with Crippen molar-refractivity contribution in [1.82, 2.24) is 10.1 Å². The van der Waals surface area contributed by atoms with Crippen molar-refractivity contribution in [1.29, 1.82) is 0 Å². The van der Waals surface area contributed by atoms with Gasteiger partial charge in [-0.1, -0.05) is 29.6 Å². The molecule has 0 spiro atoms. The van der Waals surface area contributed by atoms with E-state index in [9.17, 15) is 9.90 Å². The van der Waals surface area contributed by atoms with E-state index >= 15 is 0 Å². The van der Waals surface area contributed by atoms with E-state index in [4.69, 9.17) is 16.1 Å². The number of carbonyl (C=O) groups excluding carboxylic acids is 1. The van der Waals surface area contributed by atoms with Crippen molar-refractivity contribution in [2.45, 2.75) is 31.3 Å². The third-order valence-electron chi connectivity index (χ3n) is 3.96. The minimum absolute atomic E-state index is 0.239. The lowest BCUT2D eigenvalue weighted by atomic mass is 10.0. The summed E-state index contributed by atoms with van der Waals surface area (Å²) in [4.78, 5) is 14.7. The summed E-state index contributed by atoms with van der Waals surface area (Å²) in [6.45, 7) is 0.318. The SMILES string of the molecule is CN(CC1(O)CCCC1)C(=O)c1cc(-c2ccc(Cl)s2)on1. The van der Waals surface area contributed by atoms with Gasteiger partial charge in [0.15, 0.2) is 11.5 Å². The van der Waals surface area contributed by atoms with Crippen molar-refractivity contribution in [2.24, 2.45) is 0 Å². The predicted octanol–water partition coefficient (Wildman–Crippen LogP) is 3.43. The molecule has 3 rings (SSSR count). The van der Waals surface area contributed by atoms with Gasteiger partial charge in [-0.3, -0.25) is 4.79 Å². The number of hydrogen-bond donors (Lipinski definition) is 1. The van der Waals surface area contributed by atoms with Crippen LogP contribution in [0, 0.1) is 0 Å². The molecule has 1 aliphatic carbocycles. The average molecular weight is 341 g/mol. The number of halogens is 1. The Morgan fingerprint density at radius 1 is 1.50 bits per heavy atom. The molecule has 118 valence electrons. The van der Waals surface area contributed by atoms with E-state index in [-0.39, 0.29) is 11.6 Å². The Bertz CT molecular complexity index is 676. The summed E-state index contributed by atoms with van der Waals surface area (Å²) >= 11 is 7.26. The van der Waals surface area contributed by atoms with Gasteiger partial charge in [0, 0.05) is 19.7 Å². The first-order valence-electron chi connectivity index (χ1n) is 7.17. The molecule has 2 heterocycles. The third kappa shape index (κ3) is 3.19. The van der Waals surface area contributed by atoms with E-state index in [2.05, 4.69) is 5.16 Å².